The minimum Gasteiger partial charge on any atom is -0.444 e. The van der Waals surface area contributed by atoms with Crippen molar-refractivity contribution in [2.75, 3.05) is 59.5 Å². The zero-order chi connectivity index (χ0) is 21.2. The fourth-order valence-corrected chi connectivity index (χ4v) is 2.67. The van der Waals surface area contributed by atoms with Gasteiger partial charge in [0.15, 0.2) is 5.96 Å². The Morgan fingerprint density at radius 2 is 1.69 bits per heavy atom. The molecule has 1 rings (SSSR count). The average Bonchev–Trinajstić information content (AvgIpc) is 2.62. The highest BCUT2D eigenvalue weighted by molar-refractivity contribution is 14.0. The molecule has 0 aromatic rings. The van der Waals surface area contributed by atoms with Gasteiger partial charge in [0.05, 0.1) is 12.1 Å². The Morgan fingerprint density at radius 3 is 2.21 bits per heavy atom. The van der Waals surface area contributed by atoms with Gasteiger partial charge in [-0.3, -0.25) is 9.89 Å². The summed E-state index contributed by atoms with van der Waals surface area (Å²) in [7, 11) is 1.71. The van der Waals surface area contributed by atoms with Crippen LogP contribution in [0.2, 0.25) is 0 Å². The van der Waals surface area contributed by atoms with Gasteiger partial charge in [-0.2, -0.15) is 0 Å². The normalized spacial score (nSPS) is 16.2. The van der Waals surface area contributed by atoms with Gasteiger partial charge in [0.2, 0.25) is 0 Å². The van der Waals surface area contributed by atoms with Crippen molar-refractivity contribution >= 4 is 36.0 Å². The summed E-state index contributed by atoms with van der Waals surface area (Å²) in [5, 5.41) is 6.65. The SMILES string of the molecule is CCNC(=NCC(C)(C)OC)NCCCN1CCN(C(=O)OC(C)(C)C)CC1.I. The number of hydrogen-bond donors (Lipinski definition) is 2. The van der Waals surface area contributed by atoms with Crippen molar-refractivity contribution in [3.05, 3.63) is 0 Å². The zero-order valence-electron chi connectivity index (χ0n) is 19.3. The van der Waals surface area contributed by atoms with Crippen molar-refractivity contribution in [2.45, 2.75) is 59.2 Å². The van der Waals surface area contributed by atoms with Gasteiger partial charge >= 0.3 is 6.09 Å². The number of methoxy groups -OCH3 is 1. The van der Waals surface area contributed by atoms with Crippen LogP contribution < -0.4 is 10.6 Å². The molecular formula is C20H42IN5O3. The molecule has 2 N–H and O–H groups in total. The Balaban J connectivity index is 0.00000784. The summed E-state index contributed by atoms with van der Waals surface area (Å²) in [5.41, 5.74) is -0.708. The van der Waals surface area contributed by atoms with Crippen LogP contribution in [0.25, 0.3) is 0 Å². The number of amides is 1. The van der Waals surface area contributed by atoms with E-state index in [-0.39, 0.29) is 35.7 Å². The molecule has 0 atom stereocenters. The lowest BCUT2D eigenvalue weighted by Gasteiger charge is -2.35. The molecule has 8 nitrogen and oxygen atoms in total. The van der Waals surface area contributed by atoms with Crippen molar-refractivity contribution in [3.8, 4) is 0 Å². The van der Waals surface area contributed by atoms with Gasteiger partial charge in [0.25, 0.3) is 0 Å². The molecule has 1 heterocycles. The number of halogens is 1. The van der Waals surface area contributed by atoms with Crippen LogP contribution >= 0.6 is 24.0 Å². The Labute approximate surface area is 194 Å². The van der Waals surface area contributed by atoms with Gasteiger partial charge < -0.3 is 25.0 Å². The highest BCUT2D eigenvalue weighted by atomic mass is 127. The molecule has 1 saturated heterocycles. The molecule has 172 valence electrons. The fraction of sp³-hybridized carbons (Fsp3) is 0.900. The van der Waals surface area contributed by atoms with Crippen molar-refractivity contribution in [1.29, 1.82) is 0 Å². The highest BCUT2D eigenvalue weighted by Crippen LogP contribution is 2.12. The van der Waals surface area contributed by atoms with Crippen LogP contribution in [0.4, 0.5) is 4.79 Å². The third kappa shape index (κ3) is 12.5. The van der Waals surface area contributed by atoms with Crippen LogP contribution in [0.1, 0.15) is 48.0 Å². The first-order valence-corrected chi connectivity index (χ1v) is 10.3. The number of carbonyl (C=O) groups is 1. The summed E-state index contributed by atoms with van der Waals surface area (Å²) in [6.45, 7) is 18.3. The first-order valence-electron chi connectivity index (χ1n) is 10.3. The maximum atomic E-state index is 12.1. The number of hydrogen-bond acceptors (Lipinski definition) is 5. The number of carbonyl (C=O) groups excluding carboxylic acids is 1. The molecule has 1 aliphatic rings. The maximum Gasteiger partial charge on any atom is 0.410 e. The van der Waals surface area contributed by atoms with Crippen LogP contribution in [0, 0.1) is 0 Å². The van der Waals surface area contributed by atoms with Gasteiger partial charge in [0.1, 0.15) is 5.60 Å². The van der Waals surface area contributed by atoms with Gasteiger partial charge in [-0.1, -0.05) is 0 Å². The van der Waals surface area contributed by atoms with Gasteiger partial charge in [-0.05, 0) is 54.5 Å². The van der Waals surface area contributed by atoms with E-state index < -0.39 is 5.60 Å². The van der Waals surface area contributed by atoms with E-state index in [4.69, 9.17) is 9.47 Å². The summed E-state index contributed by atoms with van der Waals surface area (Å²) in [4.78, 5) is 20.9. The third-order valence-corrected chi connectivity index (χ3v) is 4.48. The maximum absolute atomic E-state index is 12.1. The second-order valence-electron chi connectivity index (χ2n) is 8.75. The van der Waals surface area contributed by atoms with Gasteiger partial charge in [0, 0.05) is 46.4 Å². The molecule has 0 aliphatic carbocycles. The van der Waals surface area contributed by atoms with Crippen molar-refractivity contribution < 1.29 is 14.3 Å². The van der Waals surface area contributed by atoms with Gasteiger partial charge in [-0.25, -0.2) is 4.79 Å². The molecule has 29 heavy (non-hydrogen) atoms. The first-order chi connectivity index (χ1) is 13.1. The van der Waals surface area contributed by atoms with Gasteiger partial charge in [-0.15, -0.1) is 24.0 Å². The molecule has 0 spiro atoms. The number of rotatable bonds is 8. The summed E-state index contributed by atoms with van der Waals surface area (Å²) in [5.74, 6) is 0.822. The first kappa shape index (κ1) is 28.2. The van der Waals surface area contributed by atoms with E-state index in [0.29, 0.717) is 6.54 Å². The van der Waals surface area contributed by atoms with Crippen LogP contribution in [0.5, 0.6) is 0 Å². The highest BCUT2D eigenvalue weighted by Gasteiger charge is 2.25. The Kier molecular flexibility index (Phi) is 13.1. The molecule has 0 saturated carbocycles. The minimum atomic E-state index is -0.440. The van der Waals surface area contributed by atoms with Crippen LogP contribution in [-0.4, -0.2) is 92.5 Å². The summed E-state index contributed by atoms with van der Waals surface area (Å²) in [6.07, 6.45) is 0.809. The number of guanidine groups is 1. The van der Waals surface area contributed by atoms with E-state index in [1.807, 2.05) is 34.6 Å². The minimum absolute atomic E-state index is 0. The summed E-state index contributed by atoms with van der Waals surface area (Å²) < 4.78 is 10.9. The lowest BCUT2D eigenvalue weighted by Crippen LogP contribution is -2.50. The number of nitrogens with one attached hydrogen (secondary N) is 2. The van der Waals surface area contributed by atoms with Crippen molar-refractivity contribution in [3.63, 3.8) is 0 Å². The van der Waals surface area contributed by atoms with E-state index in [9.17, 15) is 4.79 Å². The van der Waals surface area contributed by atoms with E-state index in [2.05, 4.69) is 27.4 Å². The quantitative estimate of drug-likeness (QED) is 0.219. The van der Waals surface area contributed by atoms with Crippen LogP contribution in [-0.2, 0) is 9.47 Å². The Hall–Kier alpha value is -0.810. The standard InChI is InChI=1S/C20H41N5O3.HI/c1-8-21-17(23-16-20(5,6)27-7)22-10-9-11-24-12-14-25(15-13-24)18(26)28-19(2,3)4;/h8-16H2,1-7H3,(H2,21,22,23);1H. The number of aliphatic imine (C=N–C) groups is 1. The Bertz CT molecular complexity index is 501. The zero-order valence-corrected chi connectivity index (χ0v) is 21.7. The predicted octanol–water partition coefficient (Wildman–Crippen LogP) is 2.53. The molecule has 0 bridgehead atoms. The second kappa shape index (κ2) is 13.5. The smallest absolute Gasteiger partial charge is 0.410 e. The monoisotopic (exact) mass is 527 g/mol. The van der Waals surface area contributed by atoms with E-state index in [1.54, 1.807) is 12.0 Å². The lowest BCUT2D eigenvalue weighted by molar-refractivity contribution is 0.0145. The molecule has 1 amide bonds. The second-order valence-corrected chi connectivity index (χ2v) is 8.75. The Morgan fingerprint density at radius 1 is 1.07 bits per heavy atom. The summed E-state index contributed by atoms with van der Waals surface area (Å²) in [6, 6.07) is 0. The average molecular weight is 527 g/mol. The molecule has 9 heteroatoms. The predicted molar refractivity (Wildman–Crippen MR) is 129 cm³/mol. The fourth-order valence-electron chi connectivity index (χ4n) is 2.67. The molecule has 0 radical (unpaired) electrons. The lowest BCUT2D eigenvalue weighted by atomic mass is 10.1. The molecule has 0 aromatic heterocycles. The van der Waals surface area contributed by atoms with E-state index >= 15 is 0 Å². The molecular weight excluding hydrogens is 485 g/mol. The van der Waals surface area contributed by atoms with Crippen molar-refractivity contribution in [2.24, 2.45) is 4.99 Å². The molecule has 1 fully saturated rings. The molecule has 0 unspecified atom stereocenters. The van der Waals surface area contributed by atoms with E-state index in [1.165, 1.54) is 0 Å². The number of nitrogens with zero attached hydrogens (tertiary/aromatic N) is 3. The van der Waals surface area contributed by atoms with Crippen molar-refractivity contribution in [1.82, 2.24) is 20.4 Å². The molecule has 0 aromatic carbocycles. The van der Waals surface area contributed by atoms with E-state index in [0.717, 1.165) is 58.2 Å². The third-order valence-electron chi connectivity index (χ3n) is 4.48. The van der Waals surface area contributed by atoms with Crippen LogP contribution in [0.15, 0.2) is 4.99 Å². The topological polar surface area (TPSA) is 78.4 Å². The number of piperazine rings is 1. The number of ether oxygens (including phenoxy) is 2. The summed E-state index contributed by atoms with van der Waals surface area (Å²) >= 11 is 0. The van der Waals surface area contributed by atoms with Crippen LogP contribution in [0.3, 0.4) is 0 Å². The largest absolute Gasteiger partial charge is 0.444 e. The molecule has 1 aliphatic heterocycles.